The highest BCUT2D eigenvalue weighted by Gasteiger charge is 2.31. The zero-order chi connectivity index (χ0) is 25.7. The van der Waals surface area contributed by atoms with Crippen LogP contribution < -0.4 is 10.6 Å². The number of anilines is 2. The Bertz CT molecular complexity index is 1530. The zero-order valence-corrected chi connectivity index (χ0v) is 21.6. The molecule has 1 unspecified atom stereocenters. The monoisotopic (exact) mass is 517 g/mol. The third kappa shape index (κ3) is 5.28. The fourth-order valence-electron chi connectivity index (χ4n) is 4.53. The maximum absolute atomic E-state index is 13.4. The van der Waals surface area contributed by atoms with Gasteiger partial charge in [0.05, 0.1) is 22.8 Å². The van der Waals surface area contributed by atoms with Crippen LogP contribution in [0.2, 0.25) is 0 Å². The van der Waals surface area contributed by atoms with Crippen LogP contribution in [0.1, 0.15) is 27.5 Å². The molecule has 188 valence electrons. The van der Waals surface area contributed by atoms with Crippen LogP contribution >= 0.6 is 11.3 Å². The van der Waals surface area contributed by atoms with E-state index in [1.807, 2.05) is 78.9 Å². The van der Waals surface area contributed by atoms with Gasteiger partial charge >= 0.3 is 0 Å². The van der Waals surface area contributed by atoms with E-state index in [-0.39, 0.29) is 11.9 Å². The summed E-state index contributed by atoms with van der Waals surface area (Å²) in [7, 11) is 0. The number of para-hydroxylation sites is 1. The smallest absolute Gasteiger partial charge is 0.260 e. The molecule has 7 heteroatoms. The minimum atomic E-state index is -0.112. The molecule has 6 nitrogen and oxygen atoms in total. The van der Waals surface area contributed by atoms with E-state index < -0.39 is 0 Å². The van der Waals surface area contributed by atoms with Crippen LogP contribution in [-0.2, 0) is 6.42 Å². The molecule has 5 aromatic rings. The van der Waals surface area contributed by atoms with Crippen LogP contribution in [-0.4, -0.2) is 34.8 Å². The molecule has 0 aliphatic carbocycles. The molecule has 1 amide bonds. The number of guanidine groups is 1. The van der Waals surface area contributed by atoms with Crippen LogP contribution in [0.3, 0.4) is 0 Å². The molecule has 1 atom stereocenters. The number of carbonyl (C=O) groups is 1. The largest absolute Gasteiger partial charge is 0.361 e. The number of aromatic nitrogens is 1. The number of benzene rings is 4. The van der Waals surface area contributed by atoms with E-state index >= 15 is 0 Å². The Morgan fingerprint density at radius 3 is 2.34 bits per heavy atom. The standard InChI is InChI=1S/C31H27N5OS/c37-29(24-11-5-2-6-12-24)36-21-27(23-9-3-1-4-10-23)34-30(36)33-25-17-15-22(16-18-25)19-20-32-31-35-26-13-7-8-14-28(26)38-31/h1-18,27H,19-21H2,(H,32,35)(H,33,34). The van der Waals surface area contributed by atoms with E-state index in [1.54, 1.807) is 16.2 Å². The molecule has 6 rings (SSSR count). The molecule has 0 bridgehead atoms. The first kappa shape index (κ1) is 23.9. The van der Waals surface area contributed by atoms with Gasteiger partial charge in [-0.25, -0.2) is 9.98 Å². The molecule has 0 saturated carbocycles. The van der Waals surface area contributed by atoms with Gasteiger partial charge in [-0.15, -0.1) is 0 Å². The molecular weight excluding hydrogens is 490 g/mol. The Hall–Kier alpha value is -4.49. The number of nitrogens with zero attached hydrogens (tertiary/aromatic N) is 3. The quantitative estimate of drug-likeness (QED) is 0.255. The third-order valence-corrected chi connectivity index (χ3v) is 7.53. The Morgan fingerprint density at radius 1 is 0.868 bits per heavy atom. The van der Waals surface area contributed by atoms with Gasteiger partial charge in [0, 0.05) is 17.8 Å². The van der Waals surface area contributed by atoms with Gasteiger partial charge in [-0.1, -0.05) is 84.1 Å². The summed E-state index contributed by atoms with van der Waals surface area (Å²) in [5, 5.41) is 7.78. The number of hydrogen-bond acceptors (Lipinski definition) is 6. The van der Waals surface area contributed by atoms with Crippen molar-refractivity contribution in [3.63, 3.8) is 0 Å². The number of nitrogens with one attached hydrogen (secondary N) is 2. The molecule has 38 heavy (non-hydrogen) atoms. The van der Waals surface area contributed by atoms with Crippen molar-refractivity contribution < 1.29 is 4.79 Å². The second-order valence-corrected chi connectivity index (χ2v) is 10.2. The van der Waals surface area contributed by atoms with Crippen LogP contribution in [0.5, 0.6) is 0 Å². The summed E-state index contributed by atoms with van der Waals surface area (Å²) < 4.78 is 1.19. The Morgan fingerprint density at radius 2 is 1.58 bits per heavy atom. The van der Waals surface area contributed by atoms with Gasteiger partial charge in [-0.3, -0.25) is 9.69 Å². The number of thiazole rings is 1. The van der Waals surface area contributed by atoms with Gasteiger partial charge in [-0.2, -0.15) is 0 Å². The molecule has 0 fully saturated rings. The van der Waals surface area contributed by atoms with Crippen molar-refractivity contribution in [1.29, 1.82) is 0 Å². The van der Waals surface area contributed by atoms with Crippen molar-refractivity contribution in [2.45, 2.75) is 12.5 Å². The molecule has 1 aliphatic rings. The summed E-state index contributed by atoms with van der Waals surface area (Å²) >= 11 is 1.67. The molecular formula is C31H27N5OS. The summed E-state index contributed by atoms with van der Waals surface area (Å²) in [6.45, 7) is 1.30. The first-order valence-corrected chi connectivity index (χ1v) is 13.5. The molecule has 0 saturated heterocycles. The summed E-state index contributed by atoms with van der Waals surface area (Å²) in [6, 6.07) is 35.8. The molecule has 1 aliphatic heterocycles. The Kier molecular flexibility index (Phi) is 6.83. The average molecular weight is 518 g/mol. The lowest BCUT2D eigenvalue weighted by Crippen LogP contribution is -2.38. The van der Waals surface area contributed by atoms with Gasteiger partial charge < -0.3 is 10.6 Å². The van der Waals surface area contributed by atoms with Crippen molar-refractivity contribution in [2.24, 2.45) is 4.99 Å². The predicted octanol–water partition coefficient (Wildman–Crippen LogP) is 6.62. The fourth-order valence-corrected chi connectivity index (χ4v) is 5.42. The molecule has 1 aromatic heterocycles. The summed E-state index contributed by atoms with van der Waals surface area (Å²) in [6.07, 6.45) is 0.881. The van der Waals surface area contributed by atoms with Crippen molar-refractivity contribution in [1.82, 2.24) is 9.88 Å². The highest BCUT2D eigenvalue weighted by atomic mass is 32.1. The first-order valence-electron chi connectivity index (χ1n) is 12.7. The third-order valence-electron chi connectivity index (χ3n) is 6.53. The van der Waals surface area contributed by atoms with Gasteiger partial charge in [-0.05, 0) is 53.9 Å². The van der Waals surface area contributed by atoms with E-state index in [1.165, 1.54) is 10.3 Å². The Balaban J connectivity index is 1.13. The average Bonchev–Trinajstić information content (AvgIpc) is 3.58. The molecule has 2 N–H and O–H groups in total. The second-order valence-electron chi connectivity index (χ2n) is 9.15. The number of carbonyl (C=O) groups excluding carboxylic acids is 1. The van der Waals surface area contributed by atoms with Crippen LogP contribution in [0, 0.1) is 0 Å². The first-order chi connectivity index (χ1) is 18.7. The number of aliphatic imine (C=N–C) groups is 1. The van der Waals surface area contributed by atoms with Gasteiger partial charge in [0.2, 0.25) is 5.96 Å². The van der Waals surface area contributed by atoms with Gasteiger partial charge in [0.1, 0.15) is 0 Å². The van der Waals surface area contributed by atoms with Crippen molar-refractivity contribution in [2.75, 3.05) is 23.7 Å². The molecule has 0 radical (unpaired) electrons. The van der Waals surface area contributed by atoms with Crippen LogP contribution in [0.25, 0.3) is 10.2 Å². The number of hydrogen-bond donors (Lipinski definition) is 2. The van der Waals surface area contributed by atoms with Gasteiger partial charge in [0.25, 0.3) is 5.91 Å². The summed E-state index contributed by atoms with van der Waals surface area (Å²) in [4.78, 5) is 24.6. The number of amides is 1. The maximum Gasteiger partial charge on any atom is 0.260 e. The van der Waals surface area contributed by atoms with E-state index in [2.05, 4.69) is 45.9 Å². The topological polar surface area (TPSA) is 69.6 Å². The van der Waals surface area contributed by atoms with Crippen molar-refractivity contribution in [3.8, 4) is 0 Å². The highest BCUT2D eigenvalue weighted by Crippen LogP contribution is 2.27. The maximum atomic E-state index is 13.4. The van der Waals surface area contributed by atoms with Crippen molar-refractivity contribution in [3.05, 3.63) is 126 Å². The summed E-state index contributed by atoms with van der Waals surface area (Å²) in [5.41, 5.74) is 4.88. The van der Waals surface area contributed by atoms with E-state index in [9.17, 15) is 4.79 Å². The SMILES string of the molecule is O=C(c1ccccc1)N1CC(c2ccccc2)N=C1Nc1ccc(CCNc2nc3ccccc3s2)cc1. The van der Waals surface area contributed by atoms with Crippen LogP contribution in [0.4, 0.5) is 10.8 Å². The minimum absolute atomic E-state index is 0.0622. The molecule has 0 spiro atoms. The van der Waals surface area contributed by atoms with E-state index in [0.29, 0.717) is 18.1 Å². The summed E-state index contributed by atoms with van der Waals surface area (Å²) in [5.74, 6) is 0.505. The lowest BCUT2D eigenvalue weighted by Gasteiger charge is -2.20. The Labute approximate surface area is 225 Å². The predicted molar refractivity (Wildman–Crippen MR) is 156 cm³/mol. The normalized spacial score (nSPS) is 14.9. The van der Waals surface area contributed by atoms with E-state index in [4.69, 9.17) is 4.99 Å². The lowest BCUT2D eigenvalue weighted by molar-refractivity contribution is 0.0852. The minimum Gasteiger partial charge on any atom is -0.361 e. The molecule has 4 aromatic carbocycles. The van der Waals surface area contributed by atoms with Gasteiger partial charge in [0.15, 0.2) is 5.13 Å². The highest BCUT2D eigenvalue weighted by molar-refractivity contribution is 7.22. The van der Waals surface area contributed by atoms with E-state index in [0.717, 1.165) is 34.9 Å². The lowest BCUT2D eigenvalue weighted by atomic mass is 10.1. The fraction of sp³-hybridized carbons (Fsp3) is 0.129. The van der Waals surface area contributed by atoms with Crippen molar-refractivity contribution >= 4 is 44.2 Å². The second kappa shape index (κ2) is 10.9. The zero-order valence-electron chi connectivity index (χ0n) is 20.7. The van der Waals surface area contributed by atoms with Crippen LogP contribution in [0.15, 0.2) is 114 Å². The molecule has 2 heterocycles. The number of fused-ring (bicyclic) bond motifs is 1. The number of rotatable bonds is 7.